The van der Waals surface area contributed by atoms with Crippen molar-refractivity contribution in [3.63, 3.8) is 0 Å². The lowest BCUT2D eigenvalue weighted by Gasteiger charge is -2.21. The standard InChI is InChI=1S/C11H14ClNOS/c12-11-4-3-9(15-11)6-10(14)8-2-1-5-13-7-8/h3-4,8,13H,1-2,5-7H2. The van der Waals surface area contributed by atoms with Crippen LogP contribution in [0.5, 0.6) is 0 Å². The summed E-state index contributed by atoms with van der Waals surface area (Å²) in [5.74, 6) is 0.556. The molecule has 0 bridgehead atoms. The molecule has 1 aliphatic heterocycles. The summed E-state index contributed by atoms with van der Waals surface area (Å²) >= 11 is 7.33. The highest BCUT2D eigenvalue weighted by molar-refractivity contribution is 7.16. The van der Waals surface area contributed by atoms with Crippen molar-refractivity contribution in [2.45, 2.75) is 19.3 Å². The molecule has 1 aromatic rings. The van der Waals surface area contributed by atoms with Crippen molar-refractivity contribution >= 4 is 28.7 Å². The van der Waals surface area contributed by atoms with Crippen LogP contribution < -0.4 is 5.32 Å². The molecule has 2 heterocycles. The van der Waals surface area contributed by atoms with Crippen molar-refractivity contribution in [2.75, 3.05) is 13.1 Å². The molecule has 1 aliphatic rings. The maximum absolute atomic E-state index is 11.9. The van der Waals surface area contributed by atoms with Crippen molar-refractivity contribution in [3.05, 3.63) is 21.3 Å². The van der Waals surface area contributed by atoms with Gasteiger partial charge in [0.25, 0.3) is 0 Å². The second kappa shape index (κ2) is 5.10. The molecule has 1 saturated heterocycles. The Bertz CT molecular complexity index is 344. The Morgan fingerprint density at radius 1 is 1.60 bits per heavy atom. The fraction of sp³-hybridized carbons (Fsp3) is 0.545. The van der Waals surface area contributed by atoms with E-state index in [4.69, 9.17) is 11.6 Å². The zero-order valence-electron chi connectivity index (χ0n) is 8.46. The minimum absolute atomic E-state index is 0.208. The van der Waals surface area contributed by atoms with Gasteiger partial charge in [-0.1, -0.05) is 11.6 Å². The Balaban J connectivity index is 1.91. The summed E-state index contributed by atoms with van der Waals surface area (Å²) < 4.78 is 0.763. The van der Waals surface area contributed by atoms with Crippen molar-refractivity contribution in [1.82, 2.24) is 5.32 Å². The van der Waals surface area contributed by atoms with E-state index in [0.29, 0.717) is 12.2 Å². The zero-order valence-corrected chi connectivity index (χ0v) is 10.0. The molecule has 2 nitrogen and oxygen atoms in total. The van der Waals surface area contributed by atoms with Gasteiger partial charge in [0.05, 0.1) is 4.34 Å². The van der Waals surface area contributed by atoms with Gasteiger partial charge in [-0.3, -0.25) is 4.79 Å². The van der Waals surface area contributed by atoms with Crippen molar-refractivity contribution in [2.24, 2.45) is 5.92 Å². The molecule has 0 aromatic carbocycles. The summed E-state index contributed by atoms with van der Waals surface area (Å²) in [7, 11) is 0. The largest absolute Gasteiger partial charge is 0.316 e. The van der Waals surface area contributed by atoms with Crippen LogP contribution in [0.25, 0.3) is 0 Å². The average Bonchev–Trinajstić information content (AvgIpc) is 2.65. The molecule has 82 valence electrons. The first-order valence-corrected chi connectivity index (χ1v) is 6.43. The minimum atomic E-state index is 0.208. The molecular weight excluding hydrogens is 230 g/mol. The fourth-order valence-electron chi connectivity index (χ4n) is 1.89. The van der Waals surface area contributed by atoms with Crippen molar-refractivity contribution < 1.29 is 4.79 Å². The lowest BCUT2D eigenvalue weighted by atomic mass is 9.93. The third-order valence-electron chi connectivity index (χ3n) is 2.73. The summed E-state index contributed by atoms with van der Waals surface area (Å²) in [4.78, 5) is 13.0. The molecule has 15 heavy (non-hydrogen) atoms. The second-order valence-electron chi connectivity index (χ2n) is 3.89. The van der Waals surface area contributed by atoms with Gasteiger partial charge in [0.15, 0.2) is 0 Å². The predicted octanol–water partition coefficient (Wildman–Crippen LogP) is 2.51. The average molecular weight is 244 g/mol. The van der Waals surface area contributed by atoms with E-state index in [9.17, 15) is 4.79 Å². The molecule has 1 unspecified atom stereocenters. The molecule has 1 fully saturated rings. The SMILES string of the molecule is O=C(Cc1ccc(Cl)s1)C1CCCNC1. The third kappa shape index (κ3) is 3.03. The Morgan fingerprint density at radius 2 is 2.47 bits per heavy atom. The van der Waals surface area contributed by atoms with E-state index in [-0.39, 0.29) is 5.92 Å². The van der Waals surface area contributed by atoms with Gasteiger partial charge >= 0.3 is 0 Å². The molecule has 0 spiro atoms. The van der Waals surface area contributed by atoms with Crippen LogP contribution in [-0.2, 0) is 11.2 Å². The van der Waals surface area contributed by atoms with Crippen LogP contribution in [0.15, 0.2) is 12.1 Å². The summed E-state index contributed by atoms with van der Waals surface area (Å²) in [5.41, 5.74) is 0. The number of thiophene rings is 1. The minimum Gasteiger partial charge on any atom is -0.316 e. The highest BCUT2D eigenvalue weighted by atomic mass is 35.5. The highest BCUT2D eigenvalue weighted by Gasteiger charge is 2.21. The number of piperidine rings is 1. The number of ketones is 1. The Morgan fingerprint density at radius 3 is 3.07 bits per heavy atom. The van der Waals surface area contributed by atoms with Crippen LogP contribution in [0.3, 0.4) is 0 Å². The number of Topliss-reactive ketones (excluding diaryl/α,β-unsaturated/α-hetero) is 1. The number of halogens is 1. The second-order valence-corrected chi connectivity index (χ2v) is 5.69. The highest BCUT2D eigenvalue weighted by Crippen LogP contribution is 2.23. The molecule has 0 radical (unpaired) electrons. The summed E-state index contributed by atoms with van der Waals surface area (Å²) in [6, 6.07) is 3.80. The molecular formula is C11H14ClNOS. The fourth-order valence-corrected chi connectivity index (χ4v) is 2.99. The zero-order chi connectivity index (χ0) is 10.7. The number of carbonyl (C=O) groups is 1. The van der Waals surface area contributed by atoms with Crippen LogP contribution in [0.4, 0.5) is 0 Å². The van der Waals surface area contributed by atoms with Gasteiger partial charge < -0.3 is 5.32 Å². The van der Waals surface area contributed by atoms with Gasteiger partial charge in [-0.15, -0.1) is 11.3 Å². The van der Waals surface area contributed by atoms with E-state index in [1.165, 1.54) is 11.3 Å². The van der Waals surface area contributed by atoms with E-state index in [2.05, 4.69) is 5.32 Å². The normalized spacial score (nSPS) is 21.5. The first-order chi connectivity index (χ1) is 7.25. The smallest absolute Gasteiger partial charge is 0.142 e. The molecule has 1 aromatic heterocycles. The maximum atomic E-state index is 11.9. The van der Waals surface area contributed by atoms with Crippen molar-refractivity contribution in [3.8, 4) is 0 Å². The van der Waals surface area contributed by atoms with Crippen molar-refractivity contribution in [1.29, 1.82) is 0 Å². The topological polar surface area (TPSA) is 29.1 Å². The van der Waals surface area contributed by atoms with E-state index in [1.807, 2.05) is 12.1 Å². The van der Waals surface area contributed by atoms with Crippen LogP contribution in [0, 0.1) is 5.92 Å². The van der Waals surface area contributed by atoms with Gasteiger partial charge in [0.1, 0.15) is 5.78 Å². The summed E-state index contributed by atoms with van der Waals surface area (Å²) in [5, 5.41) is 3.26. The van der Waals surface area contributed by atoms with Crippen LogP contribution in [-0.4, -0.2) is 18.9 Å². The molecule has 1 atom stereocenters. The monoisotopic (exact) mass is 243 g/mol. The molecule has 0 aliphatic carbocycles. The van der Waals surface area contributed by atoms with Gasteiger partial charge in [0, 0.05) is 23.8 Å². The van der Waals surface area contributed by atoms with Gasteiger partial charge in [-0.25, -0.2) is 0 Å². The van der Waals surface area contributed by atoms with E-state index in [1.54, 1.807) is 0 Å². The molecule has 4 heteroatoms. The molecule has 0 amide bonds. The Labute approximate surface area is 98.6 Å². The lowest BCUT2D eigenvalue weighted by molar-refractivity contribution is -0.122. The Kier molecular flexibility index (Phi) is 3.78. The molecule has 1 N–H and O–H groups in total. The van der Waals surface area contributed by atoms with Crippen LogP contribution in [0.1, 0.15) is 17.7 Å². The molecule has 0 saturated carbocycles. The van der Waals surface area contributed by atoms with Crippen LogP contribution >= 0.6 is 22.9 Å². The van der Waals surface area contributed by atoms with Gasteiger partial charge in [0.2, 0.25) is 0 Å². The third-order valence-corrected chi connectivity index (χ3v) is 3.96. The quantitative estimate of drug-likeness (QED) is 0.884. The summed E-state index contributed by atoms with van der Waals surface area (Å²) in [6.45, 7) is 1.90. The Hall–Kier alpha value is -0.380. The molecule has 2 rings (SSSR count). The number of nitrogens with one attached hydrogen (secondary N) is 1. The maximum Gasteiger partial charge on any atom is 0.142 e. The van der Waals surface area contributed by atoms with Gasteiger partial charge in [-0.05, 0) is 31.5 Å². The first-order valence-electron chi connectivity index (χ1n) is 5.23. The first kappa shape index (κ1) is 11.1. The predicted molar refractivity (Wildman–Crippen MR) is 63.6 cm³/mol. The number of hydrogen-bond donors (Lipinski definition) is 1. The lowest BCUT2D eigenvalue weighted by Crippen LogP contribution is -2.34. The summed E-state index contributed by atoms with van der Waals surface area (Å²) in [6.07, 6.45) is 2.69. The number of carbonyl (C=O) groups excluding carboxylic acids is 1. The van der Waals surface area contributed by atoms with Gasteiger partial charge in [-0.2, -0.15) is 0 Å². The van der Waals surface area contributed by atoms with E-state index in [0.717, 1.165) is 35.1 Å². The number of rotatable bonds is 3. The van der Waals surface area contributed by atoms with E-state index < -0.39 is 0 Å². The van der Waals surface area contributed by atoms with E-state index >= 15 is 0 Å². The number of hydrogen-bond acceptors (Lipinski definition) is 3. The van der Waals surface area contributed by atoms with Crippen LogP contribution in [0.2, 0.25) is 4.34 Å².